The SMILES string of the molecule is CC(Cn1cccn1)OC(=O)C(C(C)C)N1CCCCC1. The van der Waals surface area contributed by atoms with Crippen molar-refractivity contribution in [3.8, 4) is 0 Å². The molecule has 1 aliphatic rings. The average molecular weight is 293 g/mol. The van der Waals surface area contributed by atoms with Gasteiger partial charge in [-0.2, -0.15) is 5.10 Å². The van der Waals surface area contributed by atoms with E-state index in [1.165, 1.54) is 19.3 Å². The quantitative estimate of drug-likeness (QED) is 0.755. The molecule has 0 radical (unpaired) electrons. The predicted octanol–water partition coefficient (Wildman–Crippen LogP) is 2.33. The number of aromatic nitrogens is 2. The number of carbonyl (C=O) groups excluding carboxylic acids is 1. The van der Waals surface area contributed by atoms with Crippen LogP contribution >= 0.6 is 0 Å². The van der Waals surface area contributed by atoms with E-state index in [1.54, 1.807) is 10.9 Å². The van der Waals surface area contributed by atoms with E-state index >= 15 is 0 Å². The lowest BCUT2D eigenvalue weighted by Gasteiger charge is -2.35. The number of carbonyl (C=O) groups is 1. The molecule has 0 bridgehead atoms. The number of nitrogens with zero attached hydrogens (tertiary/aromatic N) is 3. The fourth-order valence-electron chi connectivity index (χ4n) is 3.02. The Labute approximate surface area is 127 Å². The Kier molecular flexibility index (Phi) is 5.79. The third-order valence-corrected chi connectivity index (χ3v) is 3.98. The molecule has 0 saturated carbocycles. The second-order valence-corrected chi connectivity index (χ2v) is 6.26. The number of likely N-dealkylation sites (tertiary alicyclic amines) is 1. The van der Waals surface area contributed by atoms with E-state index in [4.69, 9.17) is 4.74 Å². The minimum Gasteiger partial charge on any atom is -0.460 e. The minimum absolute atomic E-state index is 0.0912. The van der Waals surface area contributed by atoms with Gasteiger partial charge in [0.05, 0.1) is 6.54 Å². The van der Waals surface area contributed by atoms with Gasteiger partial charge in [-0.3, -0.25) is 14.4 Å². The summed E-state index contributed by atoms with van der Waals surface area (Å²) in [5.74, 6) is 0.180. The van der Waals surface area contributed by atoms with E-state index in [-0.39, 0.29) is 24.0 Å². The standard InChI is InChI=1S/C16H27N3O2/c1-13(2)15(18-9-5-4-6-10-18)16(20)21-14(3)12-19-11-7-8-17-19/h7-8,11,13-15H,4-6,9-10,12H2,1-3H3. The van der Waals surface area contributed by atoms with Crippen LogP contribution in [0.4, 0.5) is 0 Å². The average Bonchev–Trinajstić information content (AvgIpc) is 2.92. The molecule has 5 heteroatoms. The van der Waals surface area contributed by atoms with Gasteiger partial charge in [-0.15, -0.1) is 0 Å². The molecule has 0 aromatic carbocycles. The number of esters is 1. The van der Waals surface area contributed by atoms with Crippen molar-refractivity contribution in [2.45, 2.75) is 58.7 Å². The zero-order valence-corrected chi connectivity index (χ0v) is 13.4. The predicted molar refractivity (Wildman–Crippen MR) is 81.8 cm³/mol. The number of hydrogen-bond donors (Lipinski definition) is 0. The summed E-state index contributed by atoms with van der Waals surface area (Å²) >= 11 is 0. The summed E-state index contributed by atoms with van der Waals surface area (Å²) in [6, 6.07) is 1.75. The smallest absolute Gasteiger partial charge is 0.323 e. The zero-order chi connectivity index (χ0) is 15.2. The molecule has 0 N–H and O–H groups in total. The summed E-state index contributed by atoms with van der Waals surface area (Å²) in [6.07, 6.45) is 7.09. The Hall–Kier alpha value is -1.36. The lowest BCUT2D eigenvalue weighted by Crippen LogP contribution is -2.48. The number of piperidine rings is 1. The third-order valence-electron chi connectivity index (χ3n) is 3.98. The molecule has 1 saturated heterocycles. The number of ether oxygens (including phenoxy) is 1. The van der Waals surface area contributed by atoms with Crippen LogP contribution in [0.5, 0.6) is 0 Å². The van der Waals surface area contributed by atoms with Gasteiger partial charge in [0, 0.05) is 12.4 Å². The third kappa shape index (κ3) is 4.56. The van der Waals surface area contributed by atoms with Gasteiger partial charge >= 0.3 is 5.97 Å². The van der Waals surface area contributed by atoms with Crippen LogP contribution in [0.15, 0.2) is 18.5 Å². The highest BCUT2D eigenvalue weighted by Gasteiger charge is 2.32. The van der Waals surface area contributed by atoms with E-state index in [2.05, 4.69) is 23.8 Å². The van der Waals surface area contributed by atoms with Crippen molar-refractivity contribution in [3.63, 3.8) is 0 Å². The lowest BCUT2D eigenvalue weighted by atomic mass is 9.99. The van der Waals surface area contributed by atoms with Gasteiger partial charge in [0.2, 0.25) is 0 Å². The zero-order valence-electron chi connectivity index (χ0n) is 13.4. The molecular weight excluding hydrogens is 266 g/mol. The van der Waals surface area contributed by atoms with Crippen LogP contribution < -0.4 is 0 Å². The molecule has 2 unspecified atom stereocenters. The van der Waals surface area contributed by atoms with Crippen molar-refractivity contribution < 1.29 is 9.53 Å². The maximum Gasteiger partial charge on any atom is 0.323 e. The van der Waals surface area contributed by atoms with Gasteiger partial charge in [0.15, 0.2) is 0 Å². The molecule has 0 amide bonds. The maximum atomic E-state index is 12.5. The van der Waals surface area contributed by atoms with Gasteiger partial charge in [-0.25, -0.2) is 0 Å². The maximum absolute atomic E-state index is 12.5. The molecule has 21 heavy (non-hydrogen) atoms. The number of rotatable bonds is 6. The Morgan fingerprint density at radius 1 is 1.24 bits per heavy atom. The number of hydrogen-bond acceptors (Lipinski definition) is 4. The van der Waals surface area contributed by atoms with Crippen LogP contribution in [0.3, 0.4) is 0 Å². The summed E-state index contributed by atoms with van der Waals surface area (Å²) in [5.41, 5.74) is 0. The molecular formula is C16H27N3O2. The Morgan fingerprint density at radius 2 is 1.95 bits per heavy atom. The fourth-order valence-corrected chi connectivity index (χ4v) is 3.02. The highest BCUT2D eigenvalue weighted by atomic mass is 16.5. The van der Waals surface area contributed by atoms with Crippen molar-refractivity contribution in [1.82, 2.24) is 14.7 Å². The van der Waals surface area contributed by atoms with Crippen LogP contribution in [0.25, 0.3) is 0 Å². The molecule has 2 atom stereocenters. The highest BCUT2D eigenvalue weighted by molar-refractivity contribution is 5.76. The molecule has 2 rings (SSSR count). The molecule has 1 aromatic rings. The van der Waals surface area contributed by atoms with E-state index in [0.717, 1.165) is 13.1 Å². The largest absolute Gasteiger partial charge is 0.460 e. The summed E-state index contributed by atoms with van der Waals surface area (Å²) < 4.78 is 7.45. The van der Waals surface area contributed by atoms with E-state index in [1.807, 2.05) is 19.2 Å². The van der Waals surface area contributed by atoms with Crippen LogP contribution in [0.2, 0.25) is 0 Å². The summed E-state index contributed by atoms with van der Waals surface area (Å²) in [6.45, 7) is 8.73. The van der Waals surface area contributed by atoms with Crippen molar-refractivity contribution >= 4 is 5.97 Å². The van der Waals surface area contributed by atoms with Gasteiger partial charge < -0.3 is 4.74 Å². The summed E-state index contributed by atoms with van der Waals surface area (Å²) in [7, 11) is 0. The molecule has 0 aliphatic carbocycles. The van der Waals surface area contributed by atoms with Crippen molar-refractivity contribution in [3.05, 3.63) is 18.5 Å². The van der Waals surface area contributed by atoms with Crippen LogP contribution in [-0.4, -0.2) is 45.9 Å². The molecule has 0 spiro atoms. The molecule has 1 aromatic heterocycles. The monoisotopic (exact) mass is 293 g/mol. The fraction of sp³-hybridized carbons (Fsp3) is 0.750. The van der Waals surface area contributed by atoms with E-state index in [0.29, 0.717) is 6.54 Å². The van der Waals surface area contributed by atoms with Gasteiger partial charge in [-0.05, 0) is 44.8 Å². The second kappa shape index (κ2) is 7.59. The van der Waals surface area contributed by atoms with Crippen LogP contribution in [0.1, 0.15) is 40.0 Å². The van der Waals surface area contributed by atoms with E-state index < -0.39 is 0 Å². The lowest BCUT2D eigenvalue weighted by molar-refractivity contribution is -0.157. The second-order valence-electron chi connectivity index (χ2n) is 6.26. The summed E-state index contributed by atoms with van der Waals surface area (Å²) in [4.78, 5) is 14.8. The van der Waals surface area contributed by atoms with Gasteiger partial charge in [-0.1, -0.05) is 20.3 Å². The normalized spacial score (nSPS) is 19.4. The highest BCUT2D eigenvalue weighted by Crippen LogP contribution is 2.19. The Morgan fingerprint density at radius 3 is 2.52 bits per heavy atom. The molecule has 1 aliphatic heterocycles. The van der Waals surface area contributed by atoms with Crippen LogP contribution in [-0.2, 0) is 16.1 Å². The Bertz CT molecular complexity index is 425. The first-order valence-corrected chi connectivity index (χ1v) is 8.00. The molecule has 2 heterocycles. The van der Waals surface area contributed by atoms with Gasteiger partial charge in [0.25, 0.3) is 0 Å². The molecule has 5 nitrogen and oxygen atoms in total. The molecule has 118 valence electrons. The van der Waals surface area contributed by atoms with Crippen molar-refractivity contribution in [2.75, 3.05) is 13.1 Å². The van der Waals surface area contributed by atoms with E-state index in [9.17, 15) is 4.79 Å². The van der Waals surface area contributed by atoms with Crippen molar-refractivity contribution in [1.29, 1.82) is 0 Å². The first-order valence-electron chi connectivity index (χ1n) is 8.00. The first-order chi connectivity index (χ1) is 10.1. The minimum atomic E-state index is -0.163. The van der Waals surface area contributed by atoms with Gasteiger partial charge in [0.1, 0.15) is 12.1 Å². The Balaban J connectivity index is 1.91. The molecule has 1 fully saturated rings. The first kappa shape index (κ1) is 16.0. The van der Waals surface area contributed by atoms with Crippen LogP contribution in [0, 0.1) is 5.92 Å². The van der Waals surface area contributed by atoms with Crippen molar-refractivity contribution in [2.24, 2.45) is 5.92 Å². The summed E-state index contributed by atoms with van der Waals surface area (Å²) in [5, 5.41) is 4.15. The topological polar surface area (TPSA) is 47.4 Å².